The lowest BCUT2D eigenvalue weighted by Gasteiger charge is -2.38. The van der Waals surface area contributed by atoms with Crippen molar-refractivity contribution in [2.75, 3.05) is 6.61 Å². The molecule has 0 fully saturated rings. The molecule has 0 aliphatic rings. The molecule has 0 aliphatic heterocycles. The summed E-state index contributed by atoms with van der Waals surface area (Å²) < 4.78 is 117. The standard InChI is InChI=1S/C15H21F9O3/c16-13(17,18)12(14(19,20)21,15(22,23)24)27-10-8-6-4-2-1-3-5-7-9-11(25)26/h1-10H2,(H,25,26). The molecule has 0 heterocycles. The molecule has 0 spiro atoms. The lowest BCUT2D eigenvalue weighted by Crippen LogP contribution is -2.67. The van der Waals surface area contributed by atoms with Crippen LogP contribution in [0.4, 0.5) is 39.5 Å². The summed E-state index contributed by atoms with van der Waals surface area (Å²) in [5.74, 6) is -0.914. The fourth-order valence-electron chi connectivity index (χ4n) is 2.39. The average molecular weight is 420 g/mol. The molecular weight excluding hydrogens is 399 g/mol. The molecule has 27 heavy (non-hydrogen) atoms. The van der Waals surface area contributed by atoms with Gasteiger partial charge in [0.1, 0.15) is 0 Å². The lowest BCUT2D eigenvalue weighted by molar-refractivity contribution is -0.457. The molecule has 0 rings (SSSR count). The van der Waals surface area contributed by atoms with E-state index < -0.39 is 36.7 Å². The number of halogens is 9. The topological polar surface area (TPSA) is 46.5 Å². The fraction of sp³-hybridized carbons (Fsp3) is 0.933. The maximum absolute atomic E-state index is 12.6. The Morgan fingerprint density at radius 2 is 0.963 bits per heavy atom. The van der Waals surface area contributed by atoms with Crippen molar-refractivity contribution in [2.45, 2.75) is 81.9 Å². The van der Waals surface area contributed by atoms with E-state index in [0.717, 1.165) is 0 Å². The van der Waals surface area contributed by atoms with Crippen LogP contribution >= 0.6 is 0 Å². The van der Waals surface area contributed by atoms with Gasteiger partial charge in [-0.25, -0.2) is 0 Å². The molecule has 0 aromatic rings. The Kier molecular flexibility index (Phi) is 9.91. The average Bonchev–Trinajstić information content (AvgIpc) is 2.43. The summed E-state index contributed by atoms with van der Waals surface area (Å²) in [7, 11) is 0. The zero-order valence-electron chi connectivity index (χ0n) is 14.2. The van der Waals surface area contributed by atoms with Gasteiger partial charge in [-0.1, -0.05) is 38.5 Å². The van der Waals surface area contributed by atoms with Gasteiger partial charge in [0, 0.05) is 13.0 Å². The van der Waals surface area contributed by atoms with Gasteiger partial charge in [-0.2, -0.15) is 39.5 Å². The zero-order chi connectivity index (χ0) is 21.4. The van der Waals surface area contributed by atoms with Crippen LogP contribution in [0.5, 0.6) is 0 Å². The number of hydrogen-bond acceptors (Lipinski definition) is 2. The second-order valence-corrected chi connectivity index (χ2v) is 6.00. The smallest absolute Gasteiger partial charge is 0.435 e. The third-order valence-electron chi connectivity index (χ3n) is 3.80. The molecule has 0 saturated carbocycles. The predicted octanol–water partition coefficient (Wildman–Crippen LogP) is 6.02. The molecule has 0 aliphatic carbocycles. The molecule has 12 heteroatoms. The molecule has 0 amide bonds. The van der Waals surface area contributed by atoms with E-state index in [9.17, 15) is 44.3 Å². The fourth-order valence-corrected chi connectivity index (χ4v) is 2.39. The van der Waals surface area contributed by atoms with Gasteiger partial charge in [0.2, 0.25) is 0 Å². The summed E-state index contributed by atoms with van der Waals surface area (Å²) in [5, 5.41) is 8.42. The number of hydrogen-bond donors (Lipinski definition) is 1. The highest BCUT2D eigenvalue weighted by molar-refractivity contribution is 5.66. The molecule has 162 valence electrons. The van der Waals surface area contributed by atoms with Gasteiger partial charge in [-0.3, -0.25) is 4.79 Å². The van der Waals surface area contributed by atoms with Gasteiger partial charge < -0.3 is 9.84 Å². The first kappa shape index (κ1) is 25.8. The summed E-state index contributed by atoms with van der Waals surface area (Å²) in [5.41, 5.74) is -6.20. The first-order valence-electron chi connectivity index (χ1n) is 8.22. The highest BCUT2D eigenvalue weighted by Gasteiger charge is 2.85. The van der Waals surface area contributed by atoms with Gasteiger partial charge in [0.25, 0.3) is 0 Å². The van der Waals surface area contributed by atoms with Crippen molar-refractivity contribution in [1.29, 1.82) is 0 Å². The minimum atomic E-state index is -6.69. The number of aliphatic carboxylic acids is 1. The van der Waals surface area contributed by atoms with Crippen LogP contribution in [0.3, 0.4) is 0 Å². The van der Waals surface area contributed by atoms with Crippen LogP contribution < -0.4 is 0 Å². The van der Waals surface area contributed by atoms with Crippen LogP contribution in [0.1, 0.15) is 57.8 Å². The number of alkyl halides is 9. The van der Waals surface area contributed by atoms with E-state index in [4.69, 9.17) is 5.11 Å². The van der Waals surface area contributed by atoms with Crippen molar-refractivity contribution >= 4 is 5.97 Å². The highest BCUT2D eigenvalue weighted by Crippen LogP contribution is 2.54. The highest BCUT2D eigenvalue weighted by atomic mass is 19.4. The maximum Gasteiger partial charge on any atom is 0.435 e. The summed E-state index contributed by atoms with van der Waals surface area (Å²) in [4.78, 5) is 10.3. The number of carbonyl (C=O) groups is 1. The Labute approximate surface area is 149 Å². The summed E-state index contributed by atoms with van der Waals surface area (Å²) in [6.07, 6.45) is -16.8. The minimum Gasteiger partial charge on any atom is -0.481 e. The SMILES string of the molecule is O=C(O)CCCCCCCCCCOC(C(F)(F)F)(C(F)(F)F)C(F)(F)F. The first-order chi connectivity index (χ1) is 12.2. The minimum absolute atomic E-state index is 0.0384. The van der Waals surface area contributed by atoms with E-state index in [-0.39, 0.29) is 19.3 Å². The second-order valence-electron chi connectivity index (χ2n) is 6.00. The molecule has 0 bridgehead atoms. The van der Waals surface area contributed by atoms with E-state index in [1.807, 2.05) is 0 Å². The Morgan fingerprint density at radius 1 is 0.630 bits per heavy atom. The normalized spacial score (nSPS) is 13.8. The third kappa shape index (κ3) is 7.74. The van der Waals surface area contributed by atoms with Crippen molar-refractivity contribution in [3.63, 3.8) is 0 Å². The molecule has 0 atom stereocenters. The van der Waals surface area contributed by atoms with Gasteiger partial charge in [0.05, 0.1) is 0 Å². The molecular formula is C15H21F9O3. The number of rotatable bonds is 12. The van der Waals surface area contributed by atoms with Crippen molar-refractivity contribution < 1.29 is 54.2 Å². The van der Waals surface area contributed by atoms with Crippen LogP contribution in [-0.2, 0) is 9.53 Å². The largest absolute Gasteiger partial charge is 0.481 e. The van der Waals surface area contributed by atoms with E-state index in [1.54, 1.807) is 0 Å². The Balaban J connectivity index is 4.33. The molecule has 0 aromatic heterocycles. The first-order valence-corrected chi connectivity index (χ1v) is 8.22. The van der Waals surface area contributed by atoms with Crippen molar-refractivity contribution in [2.24, 2.45) is 0 Å². The second kappa shape index (κ2) is 10.4. The van der Waals surface area contributed by atoms with Crippen LogP contribution in [0.2, 0.25) is 0 Å². The van der Waals surface area contributed by atoms with Crippen molar-refractivity contribution in [3.05, 3.63) is 0 Å². The molecule has 3 nitrogen and oxygen atoms in total. The number of carboxylic acids is 1. The van der Waals surface area contributed by atoms with E-state index in [0.29, 0.717) is 38.5 Å². The molecule has 0 radical (unpaired) electrons. The zero-order valence-corrected chi connectivity index (χ0v) is 14.2. The lowest BCUT2D eigenvalue weighted by atomic mass is 10.0. The van der Waals surface area contributed by atoms with Crippen molar-refractivity contribution in [1.82, 2.24) is 0 Å². The van der Waals surface area contributed by atoms with Crippen LogP contribution in [0, 0.1) is 0 Å². The molecule has 0 saturated heterocycles. The van der Waals surface area contributed by atoms with Gasteiger partial charge in [0.15, 0.2) is 0 Å². The number of carboxylic acid groups (broad SMARTS) is 1. The maximum atomic E-state index is 12.6. The molecule has 0 aromatic carbocycles. The summed E-state index contributed by atoms with van der Waals surface area (Å²) in [6.45, 7) is -1.34. The van der Waals surface area contributed by atoms with Gasteiger partial charge in [-0.05, 0) is 12.8 Å². The predicted molar refractivity (Wildman–Crippen MR) is 76.0 cm³/mol. The van der Waals surface area contributed by atoms with E-state index in [2.05, 4.69) is 4.74 Å². The molecule has 1 N–H and O–H groups in total. The van der Waals surface area contributed by atoms with Crippen LogP contribution in [0.15, 0.2) is 0 Å². The Morgan fingerprint density at radius 3 is 1.30 bits per heavy atom. The van der Waals surface area contributed by atoms with Crippen LogP contribution in [-0.4, -0.2) is 41.8 Å². The van der Waals surface area contributed by atoms with Gasteiger partial charge >= 0.3 is 30.1 Å². The molecule has 0 unspecified atom stereocenters. The Hall–Kier alpha value is -1.20. The third-order valence-corrected chi connectivity index (χ3v) is 3.80. The monoisotopic (exact) mass is 420 g/mol. The number of unbranched alkanes of at least 4 members (excludes halogenated alkanes) is 7. The Bertz CT molecular complexity index is 405. The van der Waals surface area contributed by atoms with Crippen LogP contribution in [0.25, 0.3) is 0 Å². The number of ether oxygens (including phenoxy) is 1. The summed E-state index contributed by atoms with van der Waals surface area (Å²) in [6, 6.07) is 0. The summed E-state index contributed by atoms with van der Waals surface area (Å²) >= 11 is 0. The van der Waals surface area contributed by atoms with Gasteiger partial charge in [-0.15, -0.1) is 0 Å². The quantitative estimate of drug-likeness (QED) is 0.310. The van der Waals surface area contributed by atoms with E-state index >= 15 is 0 Å². The van der Waals surface area contributed by atoms with Crippen molar-refractivity contribution in [3.8, 4) is 0 Å². The van der Waals surface area contributed by atoms with E-state index in [1.165, 1.54) is 0 Å².